The first kappa shape index (κ1) is 21.6. The zero-order chi connectivity index (χ0) is 21.4. The van der Waals surface area contributed by atoms with Gasteiger partial charge in [-0.3, -0.25) is 9.59 Å². The van der Waals surface area contributed by atoms with Crippen LogP contribution in [0.5, 0.6) is 28.7 Å². The molecule has 2 rings (SSSR count). The van der Waals surface area contributed by atoms with E-state index in [4.69, 9.17) is 14.2 Å². The average Bonchev–Trinajstić information content (AvgIpc) is 2.72. The summed E-state index contributed by atoms with van der Waals surface area (Å²) in [6, 6.07) is 7.74. The van der Waals surface area contributed by atoms with E-state index in [1.165, 1.54) is 51.7 Å². The molecule has 0 amide bonds. The normalized spacial score (nSPS) is 11.0. The van der Waals surface area contributed by atoms with Gasteiger partial charge in [-0.25, -0.2) is 0 Å². The fraction of sp³-hybridized carbons (Fsp3) is 0.182. The maximum Gasteiger partial charge on any atom is 0.200 e. The molecule has 0 heterocycles. The van der Waals surface area contributed by atoms with Crippen LogP contribution < -0.4 is 14.2 Å². The van der Waals surface area contributed by atoms with E-state index in [2.05, 4.69) is 0 Å². The van der Waals surface area contributed by atoms with Crippen molar-refractivity contribution in [1.82, 2.24) is 0 Å². The Balaban J connectivity index is 2.02. The van der Waals surface area contributed by atoms with Gasteiger partial charge in [0.25, 0.3) is 0 Å². The highest BCUT2D eigenvalue weighted by molar-refractivity contribution is 6.10. The molecule has 0 aliphatic rings. The van der Waals surface area contributed by atoms with Crippen molar-refractivity contribution in [1.29, 1.82) is 0 Å². The molecular formula is C22H22O7. The van der Waals surface area contributed by atoms with Gasteiger partial charge >= 0.3 is 0 Å². The number of hydrogen-bond donors (Lipinski definition) is 2. The van der Waals surface area contributed by atoms with E-state index >= 15 is 0 Å². The minimum absolute atomic E-state index is 0.00113. The van der Waals surface area contributed by atoms with Crippen LogP contribution in [-0.2, 0) is 9.59 Å². The lowest BCUT2D eigenvalue weighted by atomic mass is 10.1. The van der Waals surface area contributed by atoms with Crippen LogP contribution in [0.1, 0.15) is 17.5 Å². The minimum Gasteiger partial charge on any atom is -0.504 e. The van der Waals surface area contributed by atoms with Crippen LogP contribution in [0.3, 0.4) is 0 Å². The summed E-state index contributed by atoms with van der Waals surface area (Å²) in [7, 11) is 4.24. The van der Waals surface area contributed by atoms with Crippen LogP contribution in [0, 0.1) is 0 Å². The van der Waals surface area contributed by atoms with Crippen molar-refractivity contribution in [3.8, 4) is 28.7 Å². The van der Waals surface area contributed by atoms with Crippen LogP contribution in [0.25, 0.3) is 12.2 Å². The number of ketones is 2. The number of methoxy groups -OCH3 is 3. The maximum absolute atomic E-state index is 12.1. The molecule has 152 valence electrons. The molecule has 0 aliphatic heterocycles. The summed E-state index contributed by atoms with van der Waals surface area (Å²) in [4.78, 5) is 24.1. The van der Waals surface area contributed by atoms with Crippen molar-refractivity contribution in [2.45, 2.75) is 6.42 Å². The third kappa shape index (κ3) is 5.87. The molecule has 0 aromatic heterocycles. The zero-order valence-electron chi connectivity index (χ0n) is 16.3. The smallest absolute Gasteiger partial charge is 0.200 e. The minimum atomic E-state index is -0.381. The Hall–Kier alpha value is -3.74. The molecule has 29 heavy (non-hydrogen) atoms. The van der Waals surface area contributed by atoms with Gasteiger partial charge in [0.05, 0.1) is 27.8 Å². The van der Waals surface area contributed by atoms with Gasteiger partial charge in [-0.05, 0) is 47.5 Å². The lowest BCUT2D eigenvalue weighted by Crippen LogP contribution is -2.02. The van der Waals surface area contributed by atoms with E-state index in [9.17, 15) is 19.8 Å². The number of carbonyl (C=O) groups is 2. The second-order valence-electron chi connectivity index (χ2n) is 5.98. The van der Waals surface area contributed by atoms with E-state index in [0.717, 1.165) is 0 Å². The first-order valence-electron chi connectivity index (χ1n) is 8.61. The average molecular weight is 398 g/mol. The molecule has 2 aromatic carbocycles. The summed E-state index contributed by atoms with van der Waals surface area (Å²) in [5.74, 6) is -0.178. The van der Waals surface area contributed by atoms with Crippen LogP contribution in [-0.4, -0.2) is 43.1 Å². The van der Waals surface area contributed by atoms with Gasteiger partial charge in [0, 0.05) is 0 Å². The molecule has 0 radical (unpaired) electrons. The fourth-order valence-corrected chi connectivity index (χ4v) is 2.48. The number of rotatable bonds is 9. The number of phenols is 2. The van der Waals surface area contributed by atoms with E-state index in [0.29, 0.717) is 16.9 Å². The quantitative estimate of drug-likeness (QED) is 0.493. The van der Waals surface area contributed by atoms with E-state index in [-0.39, 0.29) is 41.0 Å². The molecule has 0 atom stereocenters. The van der Waals surface area contributed by atoms with Gasteiger partial charge in [-0.15, -0.1) is 0 Å². The highest BCUT2D eigenvalue weighted by Crippen LogP contribution is 2.37. The lowest BCUT2D eigenvalue weighted by molar-refractivity contribution is -0.121. The predicted octanol–water partition coefficient (Wildman–Crippen LogP) is 3.38. The van der Waals surface area contributed by atoms with Crippen LogP contribution in [0.15, 0.2) is 42.5 Å². The summed E-state index contributed by atoms with van der Waals surface area (Å²) in [6.45, 7) is 0. The molecule has 0 spiro atoms. The molecule has 0 saturated carbocycles. The van der Waals surface area contributed by atoms with Crippen LogP contribution in [0.4, 0.5) is 0 Å². The SMILES string of the molecule is COc1cc(/C=C/C(=O)CC(=O)/C=C/c2cc(OC)c(O)c(OC)c2)ccc1O. The Bertz CT molecular complexity index is 933. The lowest BCUT2D eigenvalue weighted by Gasteiger charge is -2.09. The number of carbonyl (C=O) groups excluding carboxylic acids is 2. The number of aromatic hydroxyl groups is 2. The van der Waals surface area contributed by atoms with Gasteiger partial charge in [-0.1, -0.05) is 18.2 Å². The Morgan fingerprint density at radius 3 is 1.79 bits per heavy atom. The number of ether oxygens (including phenoxy) is 3. The van der Waals surface area contributed by atoms with Gasteiger partial charge in [0.15, 0.2) is 34.6 Å². The Labute approximate surface area is 168 Å². The van der Waals surface area contributed by atoms with Crippen molar-refractivity contribution in [3.63, 3.8) is 0 Å². The van der Waals surface area contributed by atoms with Gasteiger partial charge in [-0.2, -0.15) is 0 Å². The largest absolute Gasteiger partial charge is 0.504 e. The molecule has 0 aliphatic carbocycles. The number of benzene rings is 2. The first-order valence-corrected chi connectivity index (χ1v) is 8.61. The monoisotopic (exact) mass is 398 g/mol. The van der Waals surface area contributed by atoms with Gasteiger partial charge < -0.3 is 24.4 Å². The predicted molar refractivity (Wildman–Crippen MR) is 109 cm³/mol. The Kier molecular flexibility index (Phi) is 7.42. The zero-order valence-corrected chi connectivity index (χ0v) is 16.3. The molecule has 0 fully saturated rings. The summed E-state index contributed by atoms with van der Waals surface area (Å²) in [6.07, 6.45) is 5.32. The second kappa shape index (κ2) is 9.98. The van der Waals surface area contributed by atoms with Gasteiger partial charge in [0.2, 0.25) is 5.75 Å². The number of hydrogen-bond acceptors (Lipinski definition) is 7. The third-order valence-electron chi connectivity index (χ3n) is 3.98. The standard InChI is InChI=1S/C22H22O7/c1-27-19-10-14(6-9-18(19)25)4-7-16(23)13-17(24)8-5-15-11-20(28-2)22(26)21(12-15)29-3/h4-12,25-26H,13H2,1-3H3/b7-4+,8-5+. The van der Waals surface area contributed by atoms with Crippen molar-refractivity contribution in [2.75, 3.05) is 21.3 Å². The molecule has 7 nitrogen and oxygen atoms in total. The highest BCUT2D eigenvalue weighted by Gasteiger charge is 2.10. The second-order valence-corrected chi connectivity index (χ2v) is 5.98. The molecular weight excluding hydrogens is 376 g/mol. The Morgan fingerprint density at radius 2 is 1.28 bits per heavy atom. The van der Waals surface area contributed by atoms with Gasteiger partial charge in [0.1, 0.15) is 0 Å². The number of phenolic OH excluding ortho intramolecular Hbond substituents is 2. The van der Waals surface area contributed by atoms with E-state index < -0.39 is 0 Å². The van der Waals surface area contributed by atoms with Crippen LogP contribution in [0.2, 0.25) is 0 Å². The summed E-state index contributed by atoms with van der Waals surface area (Å²) in [5, 5.41) is 19.5. The molecule has 0 unspecified atom stereocenters. The molecule has 0 saturated heterocycles. The van der Waals surface area contributed by atoms with Crippen LogP contribution >= 0.6 is 0 Å². The fourth-order valence-electron chi connectivity index (χ4n) is 2.48. The number of allylic oxidation sites excluding steroid dienone is 2. The summed E-state index contributed by atoms with van der Waals surface area (Å²) in [5.41, 5.74) is 1.23. The molecule has 0 bridgehead atoms. The van der Waals surface area contributed by atoms with E-state index in [1.807, 2.05) is 0 Å². The molecule has 2 aromatic rings. The van der Waals surface area contributed by atoms with Crippen molar-refractivity contribution in [3.05, 3.63) is 53.6 Å². The molecule has 2 N–H and O–H groups in total. The van der Waals surface area contributed by atoms with Crippen molar-refractivity contribution < 1.29 is 34.0 Å². The summed E-state index contributed by atoms with van der Waals surface area (Å²) >= 11 is 0. The highest BCUT2D eigenvalue weighted by atomic mass is 16.5. The topological polar surface area (TPSA) is 102 Å². The third-order valence-corrected chi connectivity index (χ3v) is 3.98. The Morgan fingerprint density at radius 1 is 0.793 bits per heavy atom. The van der Waals surface area contributed by atoms with Crippen molar-refractivity contribution >= 4 is 23.7 Å². The maximum atomic E-state index is 12.1. The first-order chi connectivity index (χ1) is 13.9. The van der Waals surface area contributed by atoms with E-state index in [1.54, 1.807) is 24.3 Å². The molecule has 7 heteroatoms. The van der Waals surface area contributed by atoms with Crippen molar-refractivity contribution in [2.24, 2.45) is 0 Å². The summed E-state index contributed by atoms with van der Waals surface area (Å²) < 4.78 is 15.1.